The zero-order valence-corrected chi connectivity index (χ0v) is 18.3. The predicted octanol–water partition coefficient (Wildman–Crippen LogP) is 2.18. The van der Waals surface area contributed by atoms with E-state index in [1.165, 1.54) is 22.2 Å². The van der Waals surface area contributed by atoms with E-state index in [1.54, 1.807) is 6.92 Å². The number of nitrogens with one attached hydrogen (secondary N) is 2. The molecule has 0 unspecified atom stereocenters. The van der Waals surface area contributed by atoms with Crippen LogP contribution in [0.15, 0.2) is 36.5 Å². The molecule has 2 heterocycles. The van der Waals surface area contributed by atoms with E-state index in [9.17, 15) is 9.59 Å². The van der Waals surface area contributed by atoms with Gasteiger partial charge in [-0.3, -0.25) is 20.4 Å². The summed E-state index contributed by atoms with van der Waals surface area (Å²) in [5, 5.41) is 8.47. The van der Waals surface area contributed by atoms with Gasteiger partial charge >= 0.3 is 0 Å². The molecular formula is C20H24N6O4S. The van der Waals surface area contributed by atoms with Gasteiger partial charge in [0.25, 0.3) is 11.8 Å². The number of rotatable bonds is 9. The van der Waals surface area contributed by atoms with Crippen LogP contribution in [0.1, 0.15) is 39.7 Å². The summed E-state index contributed by atoms with van der Waals surface area (Å²) in [5.41, 5.74) is 6.31. The minimum atomic E-state index is -0.588. The molecule has 0 bridgehead atoms. The molecule has 0 radical (unpaired) electrons. The molecule has 2 N–H and O–H groups in total. The number of amides is 2. The van der Waals surface area contributed by atoms with Crippen LogP contribution >= 0.6 is 11.3 Å². The van der Waals surface area contributed by atoms with Crippen LogP contribution < -0.4 is 10.9 Å². The highest BCUT2D eigenvalue weighted by Gasteiger charge is 2.19. The maximum Gasteiger partial charge on any atom is 0.291 e. The number of carbonyl (C=O) groups is 2. The lowest BCUT2D eigenvalue weighted by molar-refractivity contribution is -0.145. The second kappa shape index (κ2) is 10.8. The highest BCUT2D eigenvalue weighted by Crippen LogP contribution is 2.27. The average Bonchev–Trinajstić information content (AvgIpc) is 3.39. The first-order valence-corrected chi connectivity index (χ1v) is 10.6. The van der Waals surface area contributed by atoms with Crippen LogP contribution in [0.5, 0.6) is 0 Å². The third kappa shape index (κ3) is 5.94. The molecule has 0 saturated heterocycles. The maximum absolute atomic E-state index is 12.5. The van der Waals surface area contributed by atoms with Crippen LogP contribution in [0, 0.1) is 6.92 Å². The van der Waals surface area contributed by atoms with Gasteiger partial charge in [0.15, 0.2) is 12.0 Å². The van der Waals surface area contributed by atoms with Gasteiger partial charge in [-0.15, -0.1) is 16.4 Å². The number of aryl methyl sites for hydroxylation is 1. The molecule has 10 nitrogen and oxygen atoms in total. The van der Waals surface area contributed by atoms with Gasteiger partial charge in [0, 0.05) is 18.8 Å². The lowest BCUT2D eigenvalue weighted by Crippen LogP contribution is -2.41. The van der Waals surface area contributed by atoms with Crippen molar-refractivity contribution in [2.45, 2.75) is 33.6 Å². The maximum atomic E-state index is 12.5. The molecule has 2 aromatic heterocycles. The van der Waals surface area contributed by atoms with Crippen LogP contribution in [0.25, 0.3) is 10.6 Å². The van der Waals surface area contributed by atoms with Crippen LogP contribution in [-0.4, -0.2) is 51.3 Å². The first-order valence-electron chi connectivity index (χ1n) is 9.78. The molecule has 11 heteroatoms. The quantitative estimate of drug-likeness (QED) is 0.383. The van der Waals surface area contributed by atoms with Gasteiger partial charge in [-0.1, -0.05) is 35.5 Å². The molecular weight excluding hydrogens is 420 g/mol. The molecule has 0 aliphatic rings. The van der Waals surface area contributed by atoms with E-state index in [1.807, 2.05) is 44.2 Å². The number of nitrogens with zero attached hydrogens (tertiary/aromatic N) is 4. The zero-order chi connectivity index (χ0) is 22.2. The number of hydrogen-bond acceptors (Lipinski definition) is 8. The van der Waals surface area contributed by atoms with Gasteiger partial charge in [-0.25, -0.2) is 9.67 Å². The molecule has 3 rings (SSSR count). The molecule has 0 atom stereocenters. The van der Waals surface area contributed by atoms with E-state index in [0.29, 0.717) is 23.8 Å². The number of thiazole rings is 1. The van der Waals surface area contributed by atoms with Crippen molar-refractivity contribution in [2.24, 2.45) is 0 Å². The molecule has 164 valence electrons. The second-order valence-electron chi connectivity index (χ2n) is 6.37. The van der Waals surface area contributed by atoms with Gasteiger partial charge < -0.3 is 9.47 Å². The highest BCUT2D eigenvalue weighted by atomic mass is 32.1. The van der Waals surface area contributed by atoms with Crippen LogP contribution in [0.2, 0.25) is 0 Å². The van der Waals surface area contributed by atoms with E-state index < -0.39 is 18.1 Å². The van der Waals surface area contributed by atoms with Crippen molar-refractivity contribution >= 4 is 23.2 Å². The Labute approximate surface area is 183 Å². The normalized spacial score (nSPS) is 11.0. The fourth-order valence-corrected chi connectivity index (χ4v) is 3.68. The van der Waals surface area contributed by atoms with Crippen molar-refractivity contribution in [2.75, 3.05) is 13.2 Å². The van der Waals surface area contributed by atoms with Gasteiger partial charge in [-0.05, 0) is 20.8 Å². The van der Waals surface area contributed by atoms with Gasteiger partial charge in [0.2, 0.25) is 0 Å². The zero-order valence-electron chi connectivity index (χ0n) is 17.5. The fraction of sp³-hybridized carbons (Fsp3) is 0.350. The molecule has 1 aromatic carbocycles. The SMILES string of the molecule is CCOC(Cn1cc(C(=O)NNC(=O)c2sc(-c3ccccc3)nc2C)nn1)OCC. The summed E-state index contributed by atoms with van der Waals surface area (Å²) < 4.78 is 12.4. The molecule has 0 spiro atoms. The summed E-state index contributed by atoms with van der Waals surface area (Å²) in [7, 11) is 0. The Morgan fingerprint density at radius 2 is 1.77 bits per heavy atom. The molecule has 31 heavy (non-hydrogen) atoms. The summed E-state index contributed by atoms with van der Waals surface area (Å²) in [6, 6.07) is 9.57. The van der Waals surface area contributed by atoms with Crippen LogP contribution in [0.3, 0.4) is 0 Å². The minimum Gasteiger partial charge on any atom is -0.351 e. The Bertz CT molecular complexity index is 1010. The summed E-state index contributed by atoms with van der Waals surface area (Å²) in [5.74, 6) is -1.04. The summed E-state index contributed by atoms with van der Waals surface area (Å²) >= 11 is 1.25. The van der Waals surface area contributed by atoms with Gasteiger partial charge in [0.1, 0.15) is 9.88 Å². The van der Waals surface area contributed by atoms with E-state index >= 15 is 0 Å². The van der Waals surface area contributed by atoms with Crippen molar-refractivity contribution in [1.82, 2.24) is 30.8 Å². The predicted molar refractivity (Wildman–Crippen MR) is 114 cm³/mol. The van der Waals surface area contributed by atoms with Gasteiger partial charge in [0.05, 0.1) is 18.4 Å². The third-order valence-electron chi connectivity index (χ3n) is 4.13. The molecule has 0 fully saturated rings. The smallest absolute Gasteiger partial charge is 0.291 e. The number of ether oxygens (including phenoxy) is 2. The molecule has 0 aliphatic heterocycles. The van der Waals surface area contributed by atoms with Gasteiger partial charge in [-0.2, -0.15) is 0 Å². The molecule has 0 saturated carbocycles. The van der Waals surface area contributed by atoms with E-state index in [4.69, 9.17) is 9.47 Å². The van der Waals surface area contributed by atoms with E-state index in [2.05, 4.69) is 26.1 Å². The van der Waals surface area contributed by atoms with Crippen molar-refractivity contribution < 1.29 is 19.1 Å². The lowest BCUT2D eigenvalue weighted by Gasteiger charge is -2.16. The second-order valence-corrected chi connectivity index (χ2v) is 7.37. The van der Waals surface area contributed by atoms with E-state index in [-0.39, 0.29) is 12.2 Å². The Kier molecular flexibility index (Phi) is 7.82. The molecule has 0 aliphatic carbocycles. The molecule has 2 amide bonds. The Morgan fingerprint density at radius 1 is 1.10 bits per heavy atom. The fourth-order valence-electron chi connectivity index (χ4n) is 2.72. The molecule has 3 aromatic rings. The Morgan fingerprint density at radius 3 is 2.45 bits per heavy atom. The third-order valence-corrected chi connectivity index (χ3v) is 5.33. The number of benzene rings is 1. The summed E-state index contributed by atoms with van der Waals surface area (Å²) in [6.07, 6.45) is 0.971. The highest BCUT2D eigenvalue weighted by molar-refractivity contribution is 7.17. The Balaban J connectivity index is 1.58. The van der Waals surface area contributed by atoms with Crippen molar-refractivity contribution in [3.8, 4) is 10.6 Å². The topological polar surface area (TPSA) is 120 Å². The number of hydrogen-bond donors (Lipinski definition) is 2. The van der Waals surface area contributed by atoms with Crippen molar-refractivity contribution in [1.29, 1.82) is 0 Å². The largest absolute Gasteiger partial charge is 0.351 e. The standard InChI is InChI=1S/C20H24N6O4S/c1-4-29-16(30-5-2)12-26-11-15(22-25-26)18(27)23-24-19(28)17-13(3)21-20(31-17)14-9-7-6-8-10-14/h6-11,16H,4-5,12H2,1-3H3,(H,23,27)(H,24,28). The van der Waals surface area contributed by atoms with Crippen molar-refractivity contribution in [3.05, 3.63) is 52.8 Å². The summed E-state index contributed by atoms with van der Waals surface area (Å²) in [4.78, 5) is 29.7. The monoisotopic (exact) mass is 444 g/mol. The number of carbonyl (C=O) groups excluding carboxylic acids is 2. The van der Waals surface area contributed by atoms with Crippen molar-refractivity contribution in [3.63, 3.8) is 0 Å². The number of hydrazine groups is 1. The summed E-state index contributed by atoms with van der Waals surface area (Å²) in [6.45, 7) is 6.74. The van der Waals surface area contributed by atoms with Crippen LogP contribution in [0.4, 0.5) is 0 Å². The Hall–Kier alpha value is -3.15. The van der Waals surface area contributed by atoms with Crippen LogP contribution in [-0.2, 0) is 16.0 Å². The first kappa shape index (κ1) is 22.5. The first-order chi connectivity index (χ1) is 15.0. The minimum absolute atomic E-state index is 0.0537. The average molecular weight is 445 g/mol. The number of aromatic nitrogens is 4. The lowest BCUT2D eigenvalue weighted by atomic mass is 10.2. The van der Waals surface area contributed by atoms with E-state index in [0.717, 1.165) is 10.6 Å².